The molecule has 0 atom stereocenters. The number of nitrogens with one attached hydrogen (secondary N) is 1. The van der Waals surface area contributed by atoms with Crippen LogP contribution in [0.5, 0.6) is 0 Å². The van der Waals surface area contributed by atoms with E-state index in [1.807, 2.05) is 12.3 Å². The third kappa shape index (κ3) is 4.42. The Labute approximate surface area is 167 Å². The molecule has 144 valence electrons. The van der Waals surface area contributed by atoms with Crippen molar-refractivity contribution in [2.75, 3.05) is 41.3 Å². The number of anilines is 3. The zero-order valence-corrected chi connectivity index (χ0v) is 16.6. The maximum atomic E-state index is 4.73. The lowest BCUT2D eigenvalue weighted by Crippen LogP contribution is -2.47. The molecule has 5 heteroatoms. The van der Waals surface area contributed by atoms with Gasteiger partial charge in [-0.3, -0.25) is 0 Å². The zero-order valence-electron chi connectivity index (χ0n) is 16.6. The number of rotatable bonds is 5. The first-order chi connectivity index (χ1) is 13.7. The second-order valence-corrected chi connectivity index (χ2v) is 7.40. The molecule has 1 N–H and O–H groups in total. The van der Waals surface area contributed by atoms with Crippen LogP contribution >= 0.6 is 0 Å². The van der Waals surface area contributed by atoms with E-state index >= 15 is 0 Å². The van der Waals surface area contributed by atoms with E-state index in [9.17, 15) is 0 Å². The van der Waals surface area contributed by atoms with Gasteiger partial charge in [0.05, 0.1) is 0 Å². The molecule has 2 heterocycles. The highest BCUT2D eigenvalue weighted by molar-refractivity contribution is 5.50. The van der Waals surface area contributed by atoms with Crippen molar-refractivity contribution < 1.29 is 0 Å². The van der Waals surface area contributed by atoms with Gasteiger partial charge in [-0.1, -0.05) is 42.0 Å². The van der Waals surface area contributed by atoms with Gasteiger partial charge >= 0.3 is 0 Å². The molecule has 0 bridgehead atoms. The van der Waals surface area contributed by atoms with Crippen LogP contribution in [0.15, 0.2) is 60.8 Å². The molecule has 0 radical (unpaired) electrons. The van der Waals surface area contributed by atoms with Gasteiger partial charge in [0.15, 0.2) is 0 Å². The van der Waals surface area contributed by atoms with Crippen LogP contribution in [0.2, 0.25) is 0 Å². The molecule has 5 nitrogen and oxygen atoms in total. The molecule has 0 spiro atoms. The van der Waals surface area contributed by atoms with Crippen molar-refractivity contribution in [1.29, 1.82) is 0 Å². The van der Waals surface area contributed by atoms with Crippen LogP contribution in [0, 0.1) is 13.8 Å². The Balaban J connectivity index is 1.37. The molecule has 1 aliphatic heterocycles. The summed E-state index contributed by atoms with van der Waals surface area (Å²) < 4.78 is 0. The maximum absolute atomic E-state index is 4.73. The fourth-order valence-corrected chi connectivity index (χ4v) is 3.60. The monoisotopic (exact) mass is 373 g/mol. The molecule has 3 aromatic rings. The summed E-state index contributed by atoms with van der Waals surface area (Å²) in [5.41, 5.74) is 5.13. The summed E-state index contributed by atoms with van der Waals surface area (Å²) >= 11 is 0. The van der Waals surface area contributed by atoms with Gasteiger partial charge in [-0.15, -0.1) is 0 Å². The van der Waals surface area contributed by atoms with Crippen LogP contribution in [0.3, 0.4) is 0 Å². The van der Waals surface area contributed by atoms with Gasteiger partial charge in [0.1, 0.15) is 5.82 Å². The minimum absolute atomic E-state index is 0.763. The summed E-state index contributed by atoms with van der Waals surface area (Å²) in [6.07, 6.45) is 1.84. The second kappa shape index (κ2) is 8.30. The first-order valence-corrected chi connectivity index (χ1v) is 9.86. The van der Waals surface area contributed by atoms with Crippen LogP contribution in [-0.4, -0.2) is 36.1 Å². The summed E-state index contributed by atoms with van der Waals surface area (Å²) in [6, 6.07) is 19.2. The maximum Gasteiger partial charge on any atom is 0.227 e. The molecule has 0 saturated carbocycles. The summed E-state index contributed by atoms with van der Waals surface area (Å²) in [7, 11) is 0. The third-order valence-corrected chi connectivity index (χ3v) is 5.13. The normalized spacial score (nSPS) is 14.2. The summed E-state index contributed by atoms with van der Waals surface area (Å²) in [4.78, 5) is 13.9. The molecular weight excluding hydrogens is 346 g/mol. The highest BCUT2D eigenvalue weighted by Crippen LogP contribution is 2.20. The predicted molar refractivity (Wildman–Crippen MR) is 116 cm³/mol. The number of aromatic nitrogens is 2. The first kappa shape index (κ1) is 18.3. The molecule has 1 aliphatic rings. The van der Waals surface area contributed by atoms with Crippen LogP contribution in [0.1, 0.15) is 16.7 Å². The number of hydrogen-bond donors (Lipinski definition) is 1. The number of nitrogens with zero attached hydrogens (tertiary/aromatic N) is 4. The minimum atomic E-state index is 0.763. The highest BCUT2D eigenvalue weighted by atomic mass is 15.3. The summed E-state index contributed by atoms with van der Waals surface area (Å²) in [6.45, 7) is 8.83. The van der Waals surface area contributed by atoms with E-state index in [1.54, 1.807) is 0 Å². The van der Waals surface area contributed by atoms with Crippen molar-refractivity contribution in [1.82, 2.24) is 9.97 Å². The largest absolute Gasteiger partial charge is 0.368 e. The zero-order chi connectivity index (χ0) is 19.3. The molecule has 1 saturated heterocycles. The number of piperazine rings is 1. The molecule has 2 aromatic carbocycles. The fraction of sp³-hybridized carbons (Fsp3) is 0.304. The lowest BCUT2D eigenvalue weighted by atomic mass is 10.1. The van der Waals surface area contributed by atoms with Crippen molar-refractivity contribution in [2.45, 2.75) is 20.4 Å². The summed E-state index contributed by atoms with van der Waals surface area (Å²) in [5, 5.41) is 3.42. The van der Waals surface area contributed by atoms with Crippen molar-refractivity contribution in [3.8, 4) is 0 Å². The summed E-state index contributed by atoms with van der Waals surface area (Å²) in [5.74, 6) is 1.67. The van der Waals surface area contributed by atoms with E-state index in [1.165, 1.54) is 22.4 Å². The third-order valence-electron chi connectivity index (χ3n) is 5.13. The first-order valence-electron chi connectivity index (χ1n) is 9.86. The van der Waals surface area contributed by atoms with Gasteiger partial charge in [0.2, 0.25) is 5.95 Å². The van der Waals surface area contributed by atoms with E-state index < -0.39 is 0 Å². The molecular formula is C23H27N5. The van der Waals surface area contributed by atoms with Crippen molar-refractivity contribution in [3.05, 3.63) is 77.5 Å². The molecule has 0 amide bonds. The van der Waals surface area contributed by atoms with Gasteiger partial charge in [-0.2, -0.15) is 4.98 Å². The Hall–Kier alpha value is -3.08. The van der Waals surface area contributed by atoms with Crippen LogP contribution < -0.4 is 15.1 Å². The van der Waals surface area contributed by atoms with Crippen LogP contribution in [-0.2, 0) is 6.54 Å². The quantitative estimate of drug-likeness (QED) is 0.731. The Kier molecular flexibility index (Phi) is 5.42. The topological polar surface area (TPSA) is 44.3 Å². The molecule has 1 aromatic heterocycles. The van der Waals surface area contributed by atoms with E-state index in [0.717, 1.165) is 44.5 Å². The Morgan fingerprint density at radius 3 is 2.32 bits per heavy atom. The number of aryl methyl sites for hydroxylation is 2. The average Bonchev–Trinajstić information content (AvgIpc) is 2.73. The minimum Gasteiger partial charge on any atom is -0.368 e. The SMILES string of the molecule is Cc1cccc(CNc2ccnc(N3CCN(c4cccc(C)c4)CC3)n2)c1. The van der Waals surface area contributed by atoms with E-state index in [2.05, 4.69) is 82.5 Å². The smallest absolute Gasteiger partial charge is 0.227 e. The van der Waals surface area contributed by atoms with Crippen molar-refractivity contribution >= 4 is 17.5 Å². The molecule has 4 rings (SSSR count). The lowest BCUT2D eigenvalue weighted by Gasteiger charge is -2.36. The van der Waals surface area contributed by atoms with Gasteiger partial charge < -0.3 is 15.1 Å². The second-order valence-electron chi connectivity index (χ2n) is 7.40. The van der Waals surface area contributed by atoms with Crippen LogP contribution in [0.25, 0.3) is 0 Å². The van der Waals surface area contributed by atoms with Gasteiger partial charge in [-0.25, -0.2) is 4.98 Å². The Bertz CT molecular complexity index is 932. The number of hydrogen-bond acceptors (Lipinski definition) is 5. The van der Waals surface area contributed by atoms with Crippen molar-refractivity contribution in [2.24, 2.45) is 0 Å². The van der Waals surface area contributed by atoms with E-state index in [0.29, 0.717) is 0 Å². The molecule has 0 unspecified atom stereocenters. The van der Waals surface area contributed by atoms with Gasteiger partial charge in [0.25, 0.3) is 0 Å². The van der Waals surface area contributed by atoms with Crippen molar-refractivity contribution in [3.63, 3.8) is 0 Å². The van der Waals surface area contributed by atoms with Gasteiger partial charge in [-0.05, 0) is 43.2 Å². The standard InChI is InChI=1S/C23H27N5/c1-18-5-3-7-20(15-18)17-25-22-9-10-24-23(26-22)28-13-11-27(12-14-28)21-8-4-6-19(2)16-21/h3-10,15-16H,11-14,17H2,1-2H3,(H,24,25,26). The Morgan fingerprint density at radius 2 is 1.57 bits per heavy atom. The number of benzene rings is 2. The molecule has 1 fully saturated rings. The predicted octanol–water partition coefficient (Wildman–Crippen LogP) is 4.03. The van der Waals surface area contributed by atoms with E-state index in [4.69, 9.17) is 4.98 Å². The highest BCUT2D eigenvalue weighted by Gasteiger charge is 2.19. The molecule has 0 aliphatic carbocycles. The van der Waals surface area contributed by atoms with Gasteiger partial charge in [0, 0.05) is 44.6 Å². The Morgan fingerprint density at radius 1 is 0.857 bits per heavy atom. The van der Waals surface area contributed by atoms with E-state index in [-0.39, 0.29) is 0 Å². The fourth-order valence-electron chi connectivity index (χ4n) is 3.60. The lowest BCUT2D eigenvalue weighted by molar-refractivity contribution is 0.640. The average molecular weight is 374 g/mol. The molecule has 28 heavy (non-hydrogen) atoms. The van der Waals surface area contributed by atoms with Crippen LogP contribution in [0.4, 0.5) is 17.5 Å².